The predicted molar refractivity (Wildman–Crippen MR) is 206 cm³/mol. The summed E-state index contributed by atoms with van der Waals surface area (Å²) in [6, 6.07) is 55.6. The van der Waals surface area contributed by atoms with E-state index in [1.807, 2.05) is 12.1 Å². The lowest BCUT2D eigenvalue weighted by Gasteiger charge is -2.35. The zero-order valence-corrected chi connectivity index (χ0v) is 27.9. The van der Waals surface area contributed by atoms with Gasteiger partial charge in [-0.2, -0.15) is 0 Å². The fourth-order valence-electron chi connectivity index (χ4n) is 7.49. The van der Waals surface area contributed by atoms with Crippen LogP contribution in [0.4, 0.5) is 0 Å². The Morgan fingerprint density at radius 3 is 1.72 bits per heavy atom. The molecule has 0 amide bonds. The first-order valence-corrected chi connectivity index (χ1v) is 16.9. The molecule has 0 spiro atoms. The van der Waals surface area contributed by atoms with E-state index in [4.69, 9.17) is 4.98 Å². The molecule has 1 aromatic heterocycles. The Balaban J connectivity index is 1.25. The third-order valence-electron chi connectivity index (χ3n) is 9.64. The normalized spacial score (nSPS) is 13.4. The highest BCUT2D eigenvalue weighted by molar-refractivity contribution is 5.98. The highest BCUT2D eigenvalue weighted by Crippen LogP contribution is 2.57. The highest BCUT2D eigenvalue weighted by atomic mass is 15.0. The second-order valence-electron chi connectivity index (χ2n) is 12.4. The third kappa shape index (κ3) is 5.21. The van der Waals surface area contributed by atoms with E-state index in [0.29, 0.717) is 11.6 Å². The van der Waals surface area contributed by atoms with Gasteiger partial charge in [0.05, 0.1) is 5.41 Å². The van der Waals surface area contributed by atoms with Crippen molar-refractivity contribution in [3.05, 3.63) is 217 Å². The largest absolute Gasteiger partial charge is 0.217 e. The summed E-state index contributed by atoms with van der Waals surface area (Å²) in [5.41, 5.74) is 13.1. The maximum absolute atomic E-state index is 4.94. The van der Waals surface area contributed by atoms with E-state index < -0.39 is 5.41 Å². The second-order valence-corrected chi connectivity index (χ2v) is 12.4. The molecule has 0 saturated carbocycles. The molecule has 8 rings (SSSR count). The molecule has 50 heavy (non-hydrogen) atoms. The second kappa shape index (κ2) is 13.2. The van der Waals surface area contributed by atoms with E-state index in [1.54, 1.807) is 6.33 Å². The minimum Gasteiger partial charge on any atom is -0.217 e. The van der Waals surface area contributed by atoms with Gasteiger partial charge in [0.25, 0.3) is 0 Å². The van der Waals surface area contributed by atoms with E-state index in [1.165, 1.54) is 39.0 Å². The van der Waals surface area contributed by atoms with Crippen LogP contribution in [0.1, 0.15) is 29.2 Å². The zero-order chi connectivity index (χ0) is 33.9. The third-order valence-corrected chi connectivity index (χ3v) is 9.64. The first-order valence-electron chi connectivity index (χ1n) is 16.9. The van der Waals surface area contributed by atoms with E-state index in [0.717, 1.165) is 27.8 Å². The van der Waals surface area contributed by atoms with Gasteiger partial charge in [-0.3, -0.25) is 0 Å². The maximum Gasteiger partial charge on any atom is 0.163 e. The fourth-order valence-corrected chi connectivity index (χ4v) is 7.49. The molecule has 0 atom stereocenters. The van der Waals surface area contributed by atoms with Gasteiger partial charge in [0.1, 0.15) is 6.33 Å². The lowest BCUT2D eigenvalue weighted by Crippen LogP contribution is -2.29. The number of allylic oxidation sites excluding steroid dienone is 5. The van der Waals surface area contributed by atoms with E-state index in [9.17, 15) is 0 Å². The van der Waals surface area contributed by atoms with Gasteiger partial charge in [0.2, 0.25) is 0 Å². The van der Waals surface area contributed by atoms with Crippen LogP contribution < -0.4 is 0 Å². The van der Waals surface area contributed by atoms with Crippen LogP contribution in [0.15, 0.2) is 194 Å². The van der Waals surface area contributed by atoms with Gasteiger partial charge in [0.15, 0.2) is 11.6 Å². The Morgan fingerprint density at radius 2 is 1.08 bits per heavy atom. The van der Waals surface area contributed by atoms with Crippen molar-refractivity contribution < 1.29 is 0 Å². The van der Waals surface area contributed by atoms with Crippen LogP contribution in [-0.4, -0.2) is 15.0 Å². The zero-order valence-electron chi connectivity index (χ0n) is 27.9. The molecule has 0 unspecified atom stereocenters. The average Bonchev–Trinajstić information content (AvgIpc) is 3.49. The van der Waals surface area contributed by atoms with Crippen LogP contribution in [0.3, 0.4) is 0 Å². The summed E-state index contributed by atoms with van der Waals surface area (Å²) < 4.78 is 0. The first-order chi connectivity index (χ1) is 24.7. The van der Waals surface area contributed by atoms with E-state index in [2.05, 4.69) is 187 Å². The van der Waals surface area contributed by atoms with Crippen molar-refractivity contribution in [1.82, 2.24) is 15.0 Å². The van der Waals surface area contributed by atoms with Gasteiger partial charge < -0.3 is 0 Å². The molecule has 3 heteroatoms. The number of aromatic nitrogens is 3. The number of fused-ring (bicyclic) bond motifs is 1. The standard InChI is InChI=1S/C47H35N3/c1-3-16-41-42(4-2)47(38-21-10-6-11-22-38,39-23-12-7-13-24-39)43-26-15-25-40(44(41)43)36-19-14-20-37(31-36)46-49-32-48-45(50-46)35-29-27-34(28-30-35)33-17-8-5-9-18-33/h3-32H,2H2,1H3/b16-3-. The van der Waals surface area contributed by atoms with E-state index in [-0.39, 0.29) is 0 Å². The van der Waals surface area contributed by atoms with Gasteiger partial charge in [-0.05, 0) is 68.6 Å². The SMILES string of the molecule is C=CC1=C(/C=C\C)c2c(-c3cccc(-c4ncnc(-c5ccc(-c6ccccc6)cc5)n4)c3)cccc2C1(c1ccccc1)c1ccccc1. The molecule has 1 aliphatic carbocycles. The summed E-state index contributed by atoms with van der Waals surface area (Å²) in [5.74, 6) is 1.28. The van der Waals surface area contributed by atoms with Crippen LogP contribution in [0, 0.1) is 0 Å². The highest BCUT2D eigenvalue weighted by Gasteiger charge is 2.46. The molecule has 0 N–H and O–H groups in total. The van der Waals surface area contributed by atoms with Crippen molar-refractivity contribution in [3.8, 4) is 45.0 Å². The Morgan fingerprint density at radius 1 is 0.540 bits per heavy atom. The summed E-state index contributed by atoms with van der Waals surface area (Å²) in [6.07, 6.45) is 8.01. The number of hydrogen-bond donors (Lipinski definition) is 0. The molecule has 0 aliphatic heterocycles. The Hall–Kier alpha value is -6.45. The molecule has 6 aromatic carbocycles. The molecule has 0 radical (unpaired) electrons. The van der Waals surface area contributed by atoms with Gasteiger partial charge in [-0.25, -0.2) is 15.0 Å². The Kier molecular flexibility index (Phi) is 8.16. The summed E-state index contributed by atoms with van der Waals surface area (Å²) in [4.78, 5) is 14.1. The molecule has 0 bridgehead atoms. The topological polar surface area (TPSA) is 38.7 Å². The van der Waals surface area contributed by atoms with Crippen molar-refractivity contribution in [2.75, 3.05) is 0 Å². The Bertz CT molecular complexity index is 2330. The number of hydrogen-bond acceptors (Lipinski definition) is 3. The number of nitrogens with zero attached hydrogens (tertiary/aromatic N) is 3. The number of benzene rings is 6. The molecule has 238 valence electrons. The van der Waals surface area contributed by atoms with Crippen molar-refractivity contribution >= 4 is 5.57 Å². The van der Waals surface area contributed by atoms with Crippen LogP contribution >= 0.6 is 0 Å². The molecule has 0 saturated heterocycles. The van der Waals surface area contributed by atoms with Gasteiger partial charge in [-0.15, -0.1) is 0 Å². The summed E-state index contributed by atoms with van der Waals surface area (Å²) >= 11 is 0. The quantitative estimate of drug-likeness (QED) is 0.166. The molecule has 7 aromatic rings. The van der Waals surface area contributed by atoms with Gasteiger partial charge in [-0.1, -0.05) is 176 Å². The molecule has 1 aliphatic rings. The van der Waals surface area contributed by atoms with Crippen molar-refractivity contribution in [1.29, 1.82) is 0 Å². The minimum atomic E-state index is -0.527. The Labute approximate surface area is 293 Å². The lowest BCUT2D eigenvalue weighted by atomic mass is 9.66. The summed E-state index contributed by atoms with van der Waals surface area (Å²) in [5, 5.41) is 0. The number of rotatable bonds is 8. The summed E-state index contributed by atoms with van der Waals surface area (Å²) in [6.45, 7) is 6.48. The first kappa shape index (κ1) is 30.9. The predicted octanol–water partition coefficient (Wildman–Crippen LogP) is 11.4. The lowest BCUT2D eigenvalue weighted by molar-refractivity contribution is 0.762. The van der Waals surface area contributed by atoms with E-state index >= 15 is 0 Å². The smallest absolute Gasteiger partial charge is 0.163 e. The van der Waals surface area contributed by atoms with Crippen LogP contribution in [0.2, 0.25) is 0 Å². The van der Waals surface area contributed by atoms with Gasteiger partial charge >= 0.3 is 0 Å². The van der Waals surface area contributed by atoms with Crippen LogP contribution in [-0.2, 0) is 5.41 Å². The van der Waals surface area contributed by atoms with Crippen LogP contribution in [0.25, 0.3) is 50.6 Å². The van der Waals surface area contributed by atoms with Crippen molar-refractivity contribution in [3.63, 3.8) is 0 Å². The fraction of sp³-hybridized carbons (Fsp3) is 0.0426. The van der Waals surface area contributed by atoms with Crippen molar-refractivity contribution in [2.24, 2.45) is 0 Å². The molecule has 1 heterocycles. The maximum atomic E-state index is 4.94. The summed E-state index contributed by atoms with van der Waals surface area (Å²) in [7, 11) is 0. The van der Waals surface area contributed by atoms with Crippen molar-refractivity contribution in [2.45, 2.75) is 12.3 Å². The molecular formula is C47H35N3. The van der Waals surface area contributed by atoms with Gasteiger partial charge in [0, 0.05) is 11.1 Å². The molecule has 0 fully saturated rings. The minimum absolute atomic E-state index is 0.527. The monoisotopic (exact) mass is 641 g/mol. The molecular weight excluding hydrogens is 607 g/mol. The molecule has 3 nitrogen and oxygen atoms in total. The van der Waals surface area contributed by atoms with Crippen LogP contribution in [0.5, 0.6) is 0 Å². The average molecular weight is 642 g/mol.